The summed E-state index contributed by atoms with van der Waals surface area (Å²) in [6.45, 7) is 3.30. The molecular weight excluding hydrogens is 445 g/mol. The fourth-order valence-corrected chi connectivity index (χ4v) is 4.33. The molecule has 33 heavy (non-hydrogen) atoms. The Morgan fingerprint density at radius 1 is 1.03 bits per heavy atom. The van der Waals surface area contributed by atoms with Crippen molar-refractivity contribution in [3.05, 3.63) is 76.3 Å². The normalized spacial score (nSPS) is 13.9. The van der Waals surface area contributed by atoms with Gasteiger partial charge in [0.15, 0.2) is 0 Å². The van der Waals surface area contributed by atoms with Gasteiger partial charge in [0.1, 0.15) is 22.8 Å². The lowest BCUT2D eigenvalue weighted by molar-refractivity contribution is -0.132. The van der Waals surface area contributed by atoms with Gasteiger partial charge in [-0.05, 0) is 37.5 Å². The zero-order chi connectivity index (χ0) is 23.4. The number of hydrogen-bond donors (Lipinski definition) is 0. The van der Waals surface area contributed by atoms with E-state index in [9.17, 15) is 14.0 Å². The number of nitrogens with zero attached hydrogens (tertiary/aromatic N) is 3. The molecule has 4 rings (SSSR count). The maximum Gasteiger partial charge on any atom is 0.259 e. The zero-order valence-electron chi connectivity index (χ0n) is 18.4. The smallest absolute Gasteiger partial charge is 0.259 e. The van der Waals surface area contributed by atoms with Crippen LogP contribution in [0, 0.1) is 12.7 Å². The van der Waals surface area contributed by atoms with Crippen LogP contribution in [-0.4, -0.2) is 52.9 Å². The Balaban J connectivity index is 1.37. The van der Waals surface area contributed by atoms with Crippen LogP contribution in [0.25, 0.3) is 11.3 Å². The molecule has 1 aliphatic rings. The summed E-state index contributed by atoms with van der Waals surface area (Å²) in [6, 6.07) is 14.4. The van der Waals surface area contributed by atoms with Crippen LogP contribution in [0.5, 0.6) is 0 Å². The summed E-state index contributed by atoms with van der Waals surface area (Å²) in [6.07, 6.45) is 2.12. The molecule has 0 bridgehead atoms. The second-order valence-electron chi connectivity index (χ2n) is 8.07. The quantitative estimate of drug-likeness (QED) is 0.522. The van der Waals surface area contributed by atoms with Crippen LogP contribution in [0.3, 0.4) is 0 Å². The third-order valence-corrected chi connectivity index (χ3v) is 6.21. The molecule has 3 aromatic rings. The second-order valence-corrected chi connectivity index (χ2v) is 8.48. The van der Waals surface area contributed by atoms with Gasteiger partial charge >= 0.3 is 0 Å². The number of carbonyl (C=O) groups is 2. The lowest BCUT2D eigenvalue weighted by Gasteiger charge is -2.35. The lowest BCUT2D eigenvalue weighted by Crippen LogP contribution is -2.50. The summed E-state index contributed by atoms with van der Waals surface area (Å²) in [7, 11) is 0. The summed E-state index contributed by atoms with van der Waals surface area (Å²) < 4.78 is 19.7. The highest BCUT2D eigenvalue weighted by atomic mass is 35.5. The Morgan fingerprint density at radius 3 is 2.42 bits per heavy atom. The summed E-state index contributed by atoms with van der Waals surface area (Å²) in [4.78, 5) is 29.3. The van der Waals surface area contributed by atoms with Crippen molar-refractivity contribution in [2.75, 3.05) is 26.2 Å². The van der Waals surface area contributed by atoms with Gasteiger partial charge in [-0.15, -0.1) is 0 Å². The van der Waals surface area contributed by atoms with Crippen molar-refractivity contribution in [1.82, 2.24) is 15.0 Å². The molecule has 6 nitrogen and oxygen atoms in total. The van der Waals surface area contributed by atoms with Crippen molar-refractivity contribution in [3.8, 4) is 11.3 Å². The summed E-state index contributed by atoms with van der Waals surface area (Å²) in [5, 5.41) is 4.07. The van der Waals surface area contributed by atoms with Crippen LogP contribution < -0.4 is 0 Å². The first-order valence-electron chi connectivity index (χ1n) is 11.0. The first-order chi connectivity index (χ1) is 16.0. The maximum atomic E-state index is 14.4. The van der Waals surface area contributed by atoms with Gasteiger partial charge in [0.25, 0.3) is 5.91 Å². The van der Waals surface area contributed by atoms with Crippen LogP contribution in [0.1, 0.15) is 34.5 Å². The first-order valence-corrected chi connectivity index (χ1v) is 11.3. The van der Waals surface area contributed by atoms with E-state index < -0.39 is 5.82 Å². The molecule has 172 valence electrons. The Kier molecular flexibility index (Phi) is 7.08. The highest BCUT2D eigenvalue weighted by Crippen LogP contribution is 2.34. The molecule has 0 atom stereocenters. The number of benzene rings is 2. The predicted octanol–water partition coefficient (Wildman–Crippen LogP) is 4.75. The molecule has 0 unspecified atom stereocenters. The number of aromatic nitrogens is 1. The average molecular weight is 470 g/mol. The highest BCUT2D eigenvalue weighted by molar-refractivity contribution is 6.33. The number of halogens is 2. The Bertz CT molecular complexity index is 1120. The van der Waals surface area contributed by atoms with E-state index in [1.807, 2.05) is 18.2 Å². The predicted molar refractivity (Wildman–Crippen MR) is 124 cm³/mol. The zero-order valence-corrected chi connectivity index (χ0v) is 19.1. The van der Waals surface area contributed by atoms with Gasteiger partial charge in [-0.3, -0.25) is 9.59 Å². The minimum Gasteiger partial charge on any atom is -0.360 e. The number of carbonyl (C=O) groups excluding carboxylic acids is 2. The van der Waals surface area contributed by atoms with E-state index in [1.165, 1.54) is 17.7 Å². The van der Waals surface area contributed by atoms with Crippen molar-refractivity contribution in [2.45, 2.75) is 26.2 Å². The number of amides is 2. The SMILES string of the molecule is Cc1onc(-c2c(F)cccc2Cl)c1C(=O)N1CCN(C(=O)CCCc2ccccc2)CC1. The van der Waals surface area contributed by atoms with Gasteiger partial charge in [-0.2, -0.15) is 0 Å². The van der Waals surface area contributed by atoms with Gasteiger partial charge < -0.3 is 14.3 Å². The van der Waals surface area contributed by atoms with Crippen molar-refractivity contribution in [3.63, 3.8) is 0 Å². The molecule has 2 amide bonds. The van der Waals surface area contributed by atoms with Gasteiger partial charge in [-0.1, -0.05) is 53.2 Å². The maximum absolute atomic E-state index is 14.4. The lowest BCUT2D eigenvalue weighted by atomic mass is 10.0. The van der Waals surface area contributed by atoms with E-state index in [0.29, 0.717) is 38.4 Å². The molecule has 1 aliphatic heterocycles. The van der Waals surface area contributed by atoms with E-state index in [1.54, 1.807) is 22.8 Å². The fourth-order valence-electron chi connectivity index (χ4n) is 4.08. The highest BCUT2D eigenvalue weighted by Gasteiger charge is 2.31. The third-order valence-electron chi connectivity index (χ3n) is 5.89. The van der Waals surface area contributed by atoms with Crippen molar-refractivity contribution in [2.24, 2.45) is 0 Å². The molecule has 2 heterocycles. The van der Waals surface area contributed by atoms with Gasteiger partial charge in [0, 0.05) is 32.6 Å². The standard InChI is InChI=1S/C25H25ClFN3O3/c1-17-22(24(28-33-17)23-19(26)10-6-11-20(23)27)25(32)30-15-13-29(14-16-30)21(31)12-5-9-18-7-3-2-4-8-18/h2-4,6-8,10-11H,5,9,12-16H2,1H3. The van der Waals surface area contributed by atoms with E-state index in [2.05, 4.69) is 17.3 Å². The summed E-state index contributed by atoms with van der Waals surface area (Å²) in [5.74, 6) is -0.484. The molecule has 0 aliphatic carbocycles. The van der Waals surface area contributed by atoms with Crippen molar-refractivity contribution >= 4 is 23.4 Å². The van der Waals surface area contributed by atoms with Crippen LogP contribution in [-0.2, 0) is 11.2 Å². The Labute approximate surface area is 196 Å². The first kappa shape index (κ1) is 23.0. The molecule has 1 aromatic heterocycles. The number of aryl methyl sites for hydroxylation is 2. The molecule has 2 aromatic carbocycles. The number of rotatable bonds is 6. The van der Waals surface area contributed by atoms with Gasteiger partial charge in [-0.25, -0.2) is 4.39 Å². The molecule has 0 radical (unpaired) electrons. The second kappa shape index (κ2) is 10.2. The third kappa shape index (κ3) is 5.09. The molecule has 0 N–H and O–H groups in total. The molecular formula is C25H25ClFN3O3. The summed E-state index contributed by atoms with van der Waals surface area (Å²) in [5.41, 5.74) is 1.56. The van der Waals surface area contributed by atoms with Gasteiger partial charge in [0.2, 0.25) is 5.91 Å². The monoisotopic (exact) mass is 469 g/mol. The average Bonchev–Trinajstić information content (AvgIpc) is 3.20. The Morgan fingerprint density at radius 2 is 1.73 bits per heavy atom. The molecule has 0 spiro atoms. The largest absolute Gasteiger partial charge is 0.360 e. The minimum absolute atomic E-state index is 0.0478. The Hall–Kier alpha value is -3.19. The van der Waals surface area contributed by atoms with Crippen molar-refractivity contribution < 1.29 is 18.5 Å². The van der Waals surface area contributed by atoms with E-state index in [0.717, 1.165) is 12.8 Å². The number of hydrogen-bond acceptors (Lipinski definition) is 4. The topological polar surface area (TPSA) is 66.7 Å². The van der Waals surface area contributed by atoms with E-state index in [4.69, 9.17) is 16.1 Å². The fraction of sp³-hybridized carbons (Fsp3) is 0.320. The molecule has 1 saturated heterocycles. The van der Waals surface area contributed by atoms with Crippen LogP contribution in [0.15, 0.2) is 53.1 Å². The van der Waals surface area contributed by atoms with Crippen LogP contribution >= 0.6 is 11.6 Å². The van der Waals surface area contributed by atoms with Crippen LogP contribution in [0.4, 0.5) is 4.39 Å². The molecule has 0 saturated carbocycles. The molecule has 1 fully saturated rings. The van der Waals surface area contributed by atoms with Crippen molar-refractivity contribution in [1.29, 1.82) is 0 Å². The summed E-state index contributed by atoms with van der Waals surface area (Å²) >= 11 is 6.18. The van der Waals surface area contributed by atoms with Gasteiger partial charge in [0.05, 0.1) is 10.6 Å². The van der Waals surface area contributed by atoms with Crippen LogP contribution in [0.2, 0.25) is 5.02 Å². The number of piperazine rings is 1. The van der Waals surface area contributed by atoms with E-state index in [-0.39, 0.29) is 33.7 Å². The molecule has 8 heteroatoms. The van der Waals surface area contributed by atoms with E-state index >= 15 is 0 Å². The minimum atomic E-state index is -0.573.